The molecule has 0 aliphatic carbocycles. The van der Waals surface area contributed by atoms with Gasteiger partial charge in [0.2, 0.25) is 0 Å². The van der Waals surface area contributed by atoms with E-state index in [-0.39, 0.29) is 12.0 Å². The summed E-state index contributed by atoms with van der Waals surface area (Å²) in [6.07, 6.45) is -0.0377. The van der Waals surface area contributed by atoms with Gasteiger partial charge in [0, 0.05) is 6.54 Å². The predicted molar refractivity (Wildman–Crippen MR) is 53.7 cm³/mol. The molecule has 0 amide bonds. The molecule has 0 spiro atoms. The molecular weight excluding hydrogens is 186 g/mol. The summed E-state index contributed by atoms with van der Waals surface area (Å²) in [7, 11) is 2.10. The number of halogens is 2. The second-order valence-electron chi connectivity index (χ2n) is 4.64. The van der Waals surface area contributed by atoms with E-state index in [1.54, 1.807) is 0 Å². The van der Waals surface area contributed by atoms with Crippen LogP contribution in [0.4, 0.5) is 8.78 Å². The summed E-state index contributed by atoms with van der Waals surface area (Å²) in [5.74, 6) is 0. The number of likely N-dealkylation sites (tertiary alicyclic amines) is 1. The van der Waals surface area contributed by atoms with Gasteiger partial charge in [0.05, 0.1) is 6.54 Å². The highest BCUT2D eigenvalue weighted by Crippen LogP contribution is 2.29. The smallest absolute Gasteiger partial charge is 0.250 e. The lowest BCUT2D eigenvalue weighted by atomic mass is 9.80. The zero-order valence-corrected chi connectivity index (χ0v) is 9.02. The fourth-order valence-electron chi connectivity index (χ4n) is 1.82. The number of rotatable bonds is 4. The van der Waals surface area contributed by atoms with Crippen molar-refractivity contribution in [1.29, 1.82) is 0 Å². The number of alkyl halides is 2. The van der Waals surface area contributed by atoms with Gasteiger partial charge in [0.1, 0.15) is 0 Å². The maximum atomic E-state index is 11.9. The van der Waals surface area contributed by atoms with Crippen LogP contribution >= 0.6 is 0 Å². The minimum absolute atomic E-state index is 0.175. The highest BCUT2D eigenvalue weighted by molar-refractivity contribution is 4.83. The van der Waals surface area contributed by atoms with E-state index in [1.807, 2.05) is 0 Å². The average Bonchev–Trinajstić information content (AvgIpc) is 2.10. The van der Waals surface area contributed by atoms with Gasteiger partial charge in [-0.25, -0.2) is 8.78 Å². The predicted octanol–water partition coefficient (Wildman–Crippen LogP) is 1.57. The van der Waals surface area contributed by atoms with Crippen molar-refractivity contribution in [3.63, 3.8) is 0 Å². The first-order valence-corrected chi connectivity index (χ1v) is 5.19. The minimum atomic E-state index is -2.23. The van der Waals surface area contributed by atoms with Crippen LogP contribution in [0.2, 0.25) is 0 Å². The topological polar surface area (TPSA) is 15.3 Å². The van der Waals surface area contributed by atoms with Gasteiger partial charge < -0.3 is 10.2 Å². The van der Waals surface area contributed by atoms with Crippen LogP contribution < -0.4 is 5.32 Å². The van der Waals surface area contributed by atoms with Crippen LogP contribution in [-0.2, 0) is 0 Å². The van der Waals surface area contributed by atoms with Crippen LogP contribution in [0.5, 0.6) is 0 Å². The average molecular weight is 206 g/mol. The number of nitrogens with zero attached hydrogens (tertiary/aromatic N) is 1. The number of hydrogen-bond donors (Lipinski definition) is 1. The van der Waals surface area contributed by atoms with E-state index in [4.69, 9.17) is 0 Å². The van der Waals surface area contributed by atoms with E-state index in [2.05, 4.69) is 24.2 Å². The number of piperidine rings is 1. The van der Waals surface area contributed by atoms with E-state index in [0.717, 1.165) is 25.9 Å². The first kappa shape index (κ1) is 11.9. The Kier molecular flexibility index (Phi) is 4.26. The van der Waals surface area contributed by atoms with Gasteiger partial charge in [0.25, 0.3) is 6.43 Å². The van der Waals surface area contributed by atoms with Gasteiger partial charge in [-0.2, -0.15) is 0 Å². The van der Waals surface area contributed by atoms with Crippen LogP contribution in [0.15, 0.2) is 0 Å². The zero-order valence-electron chi connectivity index (χ0n) is 9.02. The Morgan fingerprint density at radius 1 is 1.36 bits per heavy atom. The molecule has 1 rings (SSSR count). The van der Waals surface area contributed by atoms with E-state index in [1.165, 1.54) is 0 Å². The van der Waals surface area contributed by atoms with Gasteiger partial charge >= 0.3 is 0 Å². The lowest BCUT2D eigenvalue weighted by Crippen LogP contribution is -2.42. The summed E-state index contributed by atoms with van der Waals surface area (Å²) in [6.45, 7) is 4.87. The van der Waals surface area contributed by atoms with Gasteiger partial charge in [0.15, 0.2) is 0 Å². The molecule has 4 heteroatoms. The third kappa shape index (κ3) is 3.88. The first-order chi connectivity index (χ1) is 6.52. The van der Waals surface area contributed by atoms with Crippen molar-refractivity contribution in [2.24, 2.45) is 5.41 Å². The van der Waals surface area contributed by atoms with Crippen LogP contribution in [0.3, 0.4) is 0 Å². The fourth-order valence-corrected chi connectivity index (χ4v) is 1.82. The SMILES string of the molecule is CN1CCC(C)(CNCC(F)F)CC1. The number of hydrogen-bond acceptors (Lipinski definition) is 2. The van der Waals surface area contributed by atoms with Crippen LogP contribution in [0.1, 0.15) is 19.8 Å². The zero-order chi connectivity index (χ0) is 10.6. The molecule has 0 bridgehead atoms. The quantitative estimate of drug-likeness (QED) is 0.751. The molecule has 1 N–H and O–H groups in total. The Morgan fingerprint density at radius 3 is 2.43 bits per heavy atom. The molecule has 14 heavy (non-hydrogen) atoms. The van der Waals surface area contributed by atoms with Crippen molar-refractivity contribution in [1.82, 2.24) is 10.2 Å². The normalized spacial score (nSPS) is 22.9. The maximum absolute atomic E-state index is 11.9. The molecular formula is C10H20F2N2. The molecule has 2 nitrogen and oxygen atoms in total. The number of nitrogens with one attached hydrogen (secondary N) is 1. The molecule has 0 aromatic heterocycles. The summed E-state index contributed by atoms with van der Waals surface area (Å²) in [5.41, 5.74) is 0.210. The highest BCUT2D eigenvalue weighted by Gasteiger charge is 2.28. The Morgan fingerprint density at radius 2 is 1.93 bits per heavy atom. The summed E-state index contributed by atoms with van der Waals surface area (Å²) in [4.78, 5) is 2.29. The van der Waals surface area contributed by atoms with E-state index in [9.17, 15) is 8.78 Å². The molecule has 1 saturated heterocycles. The molecule has 1 aliphatic heterocycles. The minimum Gasteiger partial charge on any atom is -0.311 e. The van der Waals surface area contributed by atoms with Crippen LogP contribution in [0, 0.1) is 5.41 Å². The van der Waals surface area contributed by atoms with Crippen molar-refractivity contribution in [2.45, 2.75) is 26.2 Å². The molecule has 1 aliphatic rings. The van der Waals surface area contributed by atoms with Gasteiger partial charge in [-0.1, -0.05) is 6.92 Å². The van der Waals surface area contributed by atoms with Gasteiger partial charge in [-0.15, -0.1) is 0 Å². The third-order valence-electron chi connectivity index (χ3n) is 3.04. The van der Waals surface area contributed by atoms with Crippen molar-refractivity contribution in [2.75, 3.05) is 33.2 Å². The van der Waals surface area contributed by atoms with E-state index < -0.39 is 6.43 Å². The molecule has 0 radical (unpaired) electrons. The third-order valence-corrected chi connectivity index (χ3v) is 3.04. The van der Waals surface area contributed by atoms with E-state index >= 15 is 0 Å². The lowest BCUT2D eigenvalue weighted by molar-refractivity contribution is 0.114. The Bertz CT molecular complexity index is 166. The molecule has 84 valence electrons. The fraction of sp³-hybridized carbons (Fsp3) is 1.00. The molecule has 0 aromatic carbocycles. The summed E-state index contributed by atoms with van der Waals surface area (Å²) < 4.78 is 23.8. The van der Waals surface area contributed by atoms with Crippen molar-refractivity contribution in [3.05, 3.63) is 0 Å². The Labute approximate surface area is 84.7 Å². The van der Waals surface area contributed by atoms with Crippen molar-refractivity contribution < 1.29 is 8.78 Å². The summed E-state index contributed by atoms with van der Waals surface area (Å²) in [6, 6.07) is 0. The Hall–Kier alpha value is -0.220. The largest absolute Gasteiger partial charge is 0.311 e. The molecule has 0 saturated carbocycles. The van der Waals surface area contributed by atoms with Crippen molar-refractivity contribution in [3.8, 4) is 0 Å². The molecule has 0 atom stereocenters. The Balaban J connectivity index is 2.21. The van der Waals surface area contributed by atoms with E-state index in [0.29, 0.717) is 6.54 Å². The van der Waals surface area contributed by atoms with Gasteiger partial charge in [-0.3, -0.25) is 0 Å². The second kappa shape index (κ2) is 5.03. The summed E-state index contributed by atoms with van der Waals surface area (Å²) >= 11 is 0. The highest BCUT2D eigenvalue weighted by atomic mass is 19.3. The maximum Gasteiger partial charge on any atom is 0.250 e. The van der Waals surface area contributed by atoms with Gasteiger partial charge in [-0.05, 0) is 38.4 Å². The monoisotopic (exact) mass is 206 g/mol. The molecule has 1 fully saturated rings. The van der Waals surface area contributed by atoms with Crippen molar-refractivity contribution >= 4 is 0 Å². The molecule has 1 heterocycles. The van der Waals surface area contributed by atoms with Crippen LogP contribution in [-0.4, -0.2) is 44.6 Å². The second-order valence-corrected chi connectivity index (χ2v) is 4.64. The van der Waals surface area contributed by atoms with Crippen LogP contribution in [0.25, 0.3) is 0 Å². The standard InChI is InChI=1S/C10H20F2N2/c1-10(8-13-7-9(11)12)3-5-14(2)6-4-10/h9,13H,3-8H2,1-2H3. The first-order valence-electron chi connectivity index (χ1n) is 5.19. The molecule has 0 unspecified atom stereocenters. The lowest BCUT2D eigenvalue weighted by Gasteiger charge is -2.38. The molecule has 0 aromatic rings. The summed E-state index contributed by atoms with van der Waals surface area (Å²) in [5, 5.41) is 2.84.